The van der Waals surface area contributed by atoms with Gasteiger partial charge in [-0.25, -0.2) is 4.79 Å². The second-order valence-corrected chi connectivity index (χ2v) is 6.92. The third-order valence-electron chi connectivity index (χ3n) is 5.07. The van der Waals surface area contributed by atoms with Crippen molar-refractivity contribution in [3.8, 4) is 5.75 Å². The first-order chi connectivity index (χ1) is 14.1. The van der Waals surface area contributed by atoms with Gasteiger partial charge in [-0.2, -0.15) is 0 Å². The second-order valence-electron chi connectivity index (χ2n) is 6.92. The predicted octanol–water partition coefficient (Wildman–Crippen LogP) is 3.91. The zero-order valence-electron chi connectivity index (χ0n) is 16.2. The second kappa shape index (κ2) is 7.83. The van der Waals surface area contributed by atoms with Gasteiger partial charge in [-0.3, -0.25) is 4.79 Å². The van der Waals surface area contributed by atoms with Gasteiger partial charge in [-0.1, -0.05) is 30.3 Å². The maximum atomic E-state index is 12.8. The summed E-state index contributed by atoms with van der Waals surface area (Å²) < 4.78 is 16.3. The first kappa shape index (κ1) is 18.8. The lowest BCUT2D eigenvalue weighted by Crippen LogP contribution is -2.59. The van der Waals surface area contributed by atoms with E-state index < -0.39 is 18.1 Å². The number of β-lactam (4-membered cyclic amide) rings is 1. The molecule has 0 spiro atoms. The maximum absolute atomic E-state index is 12.8. The molecule has 0 bridgehead atoms. The van der Waals surface area contributed by atoms with E-state index >= 15 is 0 Å². The summed E-state index contributed by atoms with van der Waals surface area (Å²) in [5.74, 6) is 0.476. The smallest absolute Gasteiger partial charge is 0.339 e. The molecule has 148 valence electrons. The number of furan rings is 1. The molecule has 2 atom stereocenters. The zero-order chi connectivity index (χ0) is 20.4. The van der Waals surface area contributed by atoms with Crippen LogP contribution in [0.2, 0.25) is 0 Å². The van der Waals surface area contributed by atoms with Gasteiger partial charge < -0.3 is 18.8 Å². The number of carbonyl (C=O) groups excluding carboxylic acids is 2. The summed E-state index contributed by atoms with van der Waals surface area (Å²) in [6.07, 6.45) is 0.662. The van der Waals surface area contributed by atoms with Crippen molar-refractivity contribution in [1.29, 1.82) is 0 Å². The molecule has 4 rings (SSSR count). The molecule has 1 aliphatic heterocycles. The van der Waals surface area contributed by atoms with Gasteiger partial charge in [-0.05, 0) is 48.4 Å². The average molecular weight is 391 g/mol. The topological polar surface area (TPSA) is 69.0 Å². The van der Waals surface area contributed by atoms with Gasteiger partial charge in [0.25, 0.3) is 5.91 Å². The van der Waals surface area contributed by atoms with Gasteiger partial charge in [0.05, 0.1) is 18.9 Å². The number of ether oxygens (including phenoxy) is 2. The van der Waals surface area contributed by atoms with Gasteiger partial charge >= 0.3 is 5.97 Å². The Balaban J connectivity index is 1.56. The number of carbonyl (C=O) groups is 2. The van der Waals surface area contributed by atoms with E-state index in [1.807, 2.05) is 43.3 Å². The number of aryl methyl sites for hydroxylation is 1. The molecule has 6 nitrogen and oxygen atoms in total. The van der Waals surface area contributed by atoms with Crippen LogP contribution < -0.4 is 4.74 Å². The summed E-state index contributed by atoms with van der Waals surface area (Å²) >= 11 is 0. The molecule has 0 unspecified atom stereocenters. The van der Waals surface area contributed by atoms with Crippen LogP contribution in [0.25, 0.3) is 0 Å². The van der Waals surface area contributed by atoms with Crippen LogP contribution in [0, 0.1) is 6.92 Å². The molecular weight excluding hydrogens is 370 g/mol. The number of amides is 1. The number of nitrogens with zero attached hydrogens (tertiary/aromatic N) is 1. The first-order valence-corrected chi connectivity index (χ1v) is 9.32. The third-order valence-corrected chi connectivity index (χ3v) is 5.07. The quantitative estimate of drug-likeness (QED) is 0.471. The van der Waals surface area contributed by atoms with Crippen LogP contribution in [0.4, 0.5) is 0 Å². The molecule has 1 saturated heterocycles. The molecule has 1 amide bonds. The Morgan fingerprint density at radius 2 is 1.79 bits per heavy atom. The molecule has 29 heavy (non-hydrogen) atoms. The van der Waals surface area contributed by atoms with E-state index in [2.05, 4.69) is 0 Å². The lowest BCUT2D eigenvalue weighted by Gasteiger charge is -2.45. The SMILES string of the molecule is COc1ccc(C(=O)O[C@H]2C(=O)N(Cc3ccccc3)[C@H]2c2occc2C)cc1. The molecule has 0 saturated carbocycles. The normalized spacial score (nSPS) is 18.3. The lowest BCUT2D eigenvalue weighted by atomic mass is 9.92. The van der Waals surface area contributed by atoms with Crippen molar-refractivity contribution in [1.82, 2.24) is 4.90 Å². The molecule has 1 fully saturated rings. The Morgan fingerprint density at radius 1 is 1.07 bits per heavy atom. The van der Waals surface area contributed by atoms with Crippen molar-refractivity contribution in [2.24, 2.45) is 0 Å². The minimum Gasteiger partial charge on any atom is -0.497 e. The van der Waals surface area contributed by atoms with Crippen LogP contribution in [0.5, 0.6) is 5.75 Å². The zero-order valence-corrected chi connectivity index (χ0v) is 16.2. The first-order valence-electron chi connectivity index (χ1n) is 9.32. The lowest BCUT2D eigenvalue weighted by molar-refractivity contribution is -0.171. The number of hydrogen-bond acceptors (Lipinski definition) is 5. The summed E-state index contributed by atoms with van der Waals surface area (Å²) in [6, 6.07) is 17.6. The van der Waals surface area contributed by atoms with E-state index in [1.165, 1.54) is 0 Å². The average Bonchev–Trinajstić information content (AvgIpc) is 3.18. The van der Waals surface area contributed by atoms with Crippen molar-refractivity contribution in [2.75, 3.05) is 7.11 Å². The Labute approximate surface area is 168 Å². The summed E-state index contributed by atoms with van der Waals surface area (Å²) in [7, 11) is 1.55. The minimum absolute atomic E-state index is 0.239. The molecular formula is C23H21NO5. The highest BCUT2D eigenvalue weighted by Crippen LogP contribution is 2.40. The third kappa shape index (κ3) is 3.61. The van der Waals surface area contributed by atoms with Crippen molar-refractivity contribution >= 4 is 11.9 Å². The molecule has 0 radical (unpaired) electrons. The standard InChI is InChI=1S/C23H21NO5/c1-15-12-13-28-20(15)19-21(22(25)24(19)14-16-6-4-3-5-7-16)29-23(26)17-8-10-18(27-2)11-9-17/h3-13,19,21H,14H2,1-2H3/t19-,21+/m0/s1. The van der Waals surface area contributed by atoms with Gasteiger partial charge in [0.15, 0.2) is 0 Å². The molecule has 2 heterocycles. The van der Waals surface area contributed by atoms with E-state index in [9.17, 15) is 9.59 Å². The van der Waals surface area contributed by atoms with E-state index in [-0.39, 0.29) is 5.91 Å². The molecule has 0 N–H and O–H groups in total. The van der Waals surface area contributed by atoms with E-state index in [4.69, 9.17) is 13.9 Å². The summed E-state index contributed by atoms with van der Waals surface area (Å²) in [5.41, 5.74) is 2.26. The van der Waals surface area contributed by atoms with E-state index in [0.29, 0.717) is 23.6 Å². The number of esters is 1. The molecule has 2 aromatic carbocycles. The minimum atomic E-state index is -0.918. The predicted molar refractivity (Wildman–Crippen MR) is 105 cm³/mol. The van der Waals surface area contributed by atoms with Crippen LogP contribution in [0.15, 0.2) is 71.3 Å². The maximum Gasteiger partial charge on any atom is 0.339 e. The van der Waals surface area contributed by atoms with E-state index in [0.717, 1.165) is 11.1 Å². The Bertz CT molecular complexity index is 1010. The molecule has 3 aromatic rings. The van der Waals surface area contributed by atoms with Crippen LogP contribution >= 0.6 is 0 Å². The van der Waals surface area contributed by atoms with Crippen LogP contribution in [0.1, 0.15) is 33.3 Å². The summed E-state index contributed by atoms with van der Waals surface area (Å²) in [6.45, 7) is 2.33. The van der Waals surface area contributed by atoms with Crippen molar-refractivity contribution < 1.29 is 23.5 Å². The van der Waals surface area contributed by atoms with Gasteiger partial charge in [0, 0.05) is 6.54 Å². The largest absolute Gasteiger partial charge is 0.497 e. The van der Waals surface area contributed by atoms with Gasteiger partial charge in [0.2, 0.25) is 6.10 Å². The van der Waals surface area contributed by atoms with Crippen LogP contribution in [0.3, 0.4) is 0 Å². The highest BCUT2D eigenvalue weighted by Gasteiger charge is 2.53. The highest BCUT2D eigenvalue weighted by atomic mass is 16.6. The van der Waals surface area contributed by atoms with Crippen molar-refractivity contribution in [3.63, 3.8) is 0 Å². The Morgan fingerprint density at radius 3 is 2.41 bits per heavy atom. The molecule has 1 aromatic heterocycles. The van der Waals surface area contributed by atoms with E-state index in [1.54, 1.807) is 42.5 Å². The number of likely N-dealkylation sites (tertiary alicyclic amines) is 1. The molecule has 6 heteroatoms. The molecule has 1 aliphatic rings. The van der Waals surface area contributed by atoms with Gasteiger partial charge in [0.1, 0.15) is 17.6 Å². The number of methoxy groups -OCH3 is 1. The fourth-order valence-electron chi connectivity index (χ4n) is 3.47. The number of hydrogen-bond donors (Lipinski definition) is 0. The van der Waals surface area contributed by atoms with Crippen molar-refractivity contribution in [2.45, 2.75) is 25.6 Å². The fourth-order valence-corrected chi connectivity index (χ4v) is 3.47. The van der Waals surface area contributed by atoms with Gasteiger partial charge in [-0.15, -0.1) is 0 Å². The summed E-state index contributed by atoms with van der Waals surface area (Å²) in [4.78, 5) is 27.1. The highest BCUT2D eigenvalue weighted by molar-refractivity contribution is 5.95. The van der Waals surface area contributed by atoms with Crippen LogP contribution in [-0.2, 0) is 16.1 Å². The van der Waals surface area contributed by atoms with Crippen molar-refractivity contribution in [3.05, 3.63) is 89.4 Å². The molecule has 0 aliphatic carbocycles. The van der Waals surface area contributed by atoms with Crippen LogP contribution in [-0.4, -0.2) is 30.0 Å². The number of rotatable bonds is 6. The monoisotopic (exact) mass is 391 g/mol. The fraction of sp³-hybridized carbons (Fsp3) is 0.217. The number of benzene rings is 2. The Kier molecular flexibility index (Phi) is 5.08. The Hall–Kier alpha value is -3.54. The summed E-state index contributed by atoms with van der Waals surface area (Å²) in [5, 5.41) is 0.